The minimum Gasteiger partial charge on any atom is -0.351 e. The molecule has 1 unspecified atom stereocenters. The van der Waals surface area contributed by atoms with Crippen molar-refractivity contribution in [3.8, 4) is 11.3 Å². The van der Waals surface area contributed by atoms with Gasteiger partial charge in [0.2, 0.25) is 5.95 Å². The van der Waals surface area contributed by atoms with Crippen LogP contribution in [0, 0.1) is 0 Å². The van der Waals surface area contributed by atoms with Gasteiger partial charge in [0.05, 0.1) is 27.3 Å². The second kappa shape index (κ2) is 8.37. The quantitative estimate of drug-likeness (QED) is 0.419. The molecule has 2 aromatic heterocycles. The van der Waals surface area contributed by atoms with Crippen LogP contribution in [0.25, 0.3) is 22.2 Å². The van der Waals surface area contributed by atoms with E-state index in [0.717, 1.165) is 18.2 Å². The third kappa shape index (κ3) is 3.76. The van der Waals surface area contributed by atoms with Crippen molar-refractivity contribution in [3.05, 3.63) is 72.0 Å². The van der Waals surface area contributed by atoms with Gasteiger partial charge in [-0.25, -0.2) is 22.4 Å². The molecule has 6 rings (SSSR count). The number of hydrogen-bond donors (Lipinski definition) is 2. The molecular formula is C25H24ClN5O2S. The molecule has 34 heavy (non-hydrogen) atoms. The van der Waals surface area contributed by atoms with Crippen molar-refractivity contribution in [1.82, 2.24) is 19.3 Å². The van der Waals surface area contributed by atoms with Crippen LogP contribution in [0.2, 0.25) is 5.02 Å². The molecule has 174 valence electrons. The van der Waals surface area contributed by atoms with Crippen LogP contribution in [0.3, 0.4) is 0 Å². The summed E-state index contributed by atoms with van der Waals surface area (Å²) in [5.74, 6) is 0.508. The Bertz CT molecular complexity index is 1460. The van der Waals surface area contributed by atoms with Crippen LogP contribution in [0.1, 0.15) is 25.7 Å². The van der Waals surface area contributed by atoms with Gasteiger partial charge in [0.25, 0.3) is 10.0 Å². The highest BCUT2D eigenvalue weighted by molar-refractivity contribution is 7.90. The average molecular weight is 494 g/mol. The molecule has 0 radical (unpaired) electrons. The number of halogens is 1. The molecular weight excluding hydrogens is 470 g/mol. The van der Waals surface area contributed by atoms with Crippen molar-refractivity contribution < 1.29 is 8.42 Å². The Labute approximate surface area is 203 Å². The summed E-state index contributed by atoms with van der Waals surface area (Å²) in [6, 6.07) is 17.2. The molecule has 2 aliphatic rings. The van der Waals surface area contributed by atoms with Gasteiger partial charge < -0.3 is 10.6 Å². The first-order chi connectivity index (χ1) is 16.5. The third-order valence-corrected chi connectivity index (χ3v) is 8.75. The van der Waals surface area contributed by atoms with Gasteiger partial charge >= 0.3 is 0 Å². The maximum atomic E-state index is 13.5. The Morgan fingerprint density at radius 2 is 1.71 bits per heavy atom. The largest absolute Gasteiger partial charge is 0.351 e. The summed E-state index contributed by atoms with van der Waals surface area (Å²) in [4.78, 5) is 9.38. The highest BCUT2D eigenvalue weighted by Crippen LogP contribution is 2.36. The van der Waals surface area contributed by atoms with Crippen molar-refractivity contribution >= 4 is 38.5 Å². The summed E-state index contributed by atoms with van der Waals surface area (Å²) in [7, 11) is -3.80. The Balaban J connectivity index is 1.42. The lowest BCUT2D eigenvalue weighted by Gasteiger charge is -2.29. The Morgan fingerprint density at radius 1 is 1.00 bits per heavy atom. The van der Waals surface area contributed by atoms with Crippen LogP contribution in [0.4, 0.5) is 5.95 Å². The van der Waals surface area contributed by atoms with E-state index in [-0.39, 0.29) is 4.90 Å². The number of para-hydroxylation sites is 1. The van der Waals surface area contributed by atoms with Gasteiger partial charge in [0.15, 0.2) is 0 Å². The van der Waals surface area contributed by atoms with E-state index in [1.165, 1.54) is 16.8 Å². The van der Waals surface area contributed by atoms with Crippen LogP contribution in [0.15, 0.2) is 71.9 Å². The van der Waals surface area contributed by atoms with Crippen molar-refractivity contribution in [1.29, 1.82) is 0 Å². The second-order valence-electron chi connectivity index (χ2n) is 9.01. The number of nitrogens with zero attached hydrogens (tertiary/aromatic N) is 3. The average Bonchev–Trinajstić information content (AvgIpc) is 3.41. The van der Waals surface area contributed by atoms with E-state index in [9.17, 15) is 8.42 Å². The summed E-state index contributed by atoms with van der Waals surface area (Å²) in [6.45, 7) is 0. The first kappa shape index (κ1) is 21.6. The zero-order chi connectivity index (χ0) is 23.3. The maximum absolute atomic E-state index is 13.5. The molecule has 4 aromatic rings. The van der Waals surface area contributed by atoms with Gasteiger partial charge in [-0.15, -0.1) is 0 Å². The first-order valence-corrected chi connectivity index (χ1v) is 13.3. The molecule has 2 N–H and O–H groups in total. The molecule has 2 bridgehead atoms. The molecule has 2 fully saturated rings. The Kier molecular flexibility index (Phi) is 5.32. The van der Waals surface area contributed by atoms with Gasteiger partial charge in [-0.1, -0.05) is 48.0 Å². The summed E-state index contributed by atoms with van der Waals surface area (Å²) >= 11 is 6.55. The predicted molar refractivity (Wildman–Crippen MR) is 134 cm³/mol. The molecule has 4 heterocycles. The Morgan fingerprint density at radius 3 is 2.47 bits per heavy atom. The van der Waals surface area contributed by atoms with Crippen molar-refractivity contribution in [2.45, 2.75) is 48.7 Å². The van der Waals surface area contributed by atoms with Crippen LogP contribution < -0.4 is 10.6 Å². The molecule has 0 amide bonds. The SMILES string of the molecule is O=S(=O)(c1ccccc1)n1cc(-c2nc(N[C@H]3CC4CC[C@@H](C3)N4)ncc2Cl)c2ccccc21. The highest BCUT2D eigenvalue weighted by Gasteiger charge is 2.33. The summed E-state index contributed by atoms with van der Waals surface area (Å²) in [5.41, 5.74) is 1.73. The van der Waals surface area contributed by atoms with Gasteiger partial charge in [-0.2, -0.15) is 0 Å². The zero-order valence-electron chi connectivity index (χ0n) is 18.4. The van der Waals surface area contributed by atoms with Gasteiger partial charge in [-0.05, 0) is 43.9 Å². The van der Waals surface area contributed by atoms with Crippen LogP contribution >= 0.6 is 11.6 Å². The van der Waals surface area contributed by atoms with Gasteiger partial charge in [-0.3, -0.25) is 0 Å². The summed E-state index contributed by atoms with van der Waals surface area (Å²) in [5, 5.41) is 8.25. The zero-order valence-corrected chi connectivity index (χ0v) is 19.9. The third-order valence-electron chi connectivity index (χ3n) is 6.78. The number of rotatable bonds is 5. The molecule has 2 aromatic carbocycles. The standard InChI is InChI=1S/C25H24ClN5O2S/c26-22-14-27-25(29-18-12-16-10-11-17(13-18)28-16)30-24(22)21-15-31(23-9-5-4-8-20(21)23)34(32,33)19-6-2-1-3-7-19/h1-9,14-18,28H,10-13H2,(H,27,29,30)/t16-,17?,18+/m0/s1. The fourth-order valence-corrected chi connectivity index (χ4v) is 6.81. The minimum atomic E-state index is -3.80. The van der Waals surface area contributed by atoms with Gasteiger partial charge in [0.1, 0.15) is 0 Å². The van der Waals surface area contributed by atoms with Crippen LogP contribution in [-0.4, -0.2) is 40.5 Å². The summed E-state index contributed by atoms with van der Waals surface area (Å²) in [6.07, 6.45) is 7.68. The number of anilines is 1. The number of nitrogens with one attached hydrogen (secondary N) is 2. The van der Waals surface area contributed by atoms with E-state index in [1.54, 1.807) is 48.8 Å². The molecule has 2 aliphatic heterocycles. The summed E-state index contributed by atoms with van der Waals surface area (Å²) < 4.78 is 28.2. The molecule has 7 nitrogen and oxygen atoms in total. The molecule has 9 heteroatoms. The van der Waals surface area contributed by atoms with Crippen molar-refractivity contribution in [2.24, 2.45) is 0 Å². The van der Waals surface area contributed by atoms with Gasteiger partial charge in [0, 0.05) is 35.3 Å². The molecule has 0 spiro atoms. The number of hydrogen-bond acceptors (Lipinski definition) is 6. The lowest BCUT2D eigenvalue weighted by atomic mass is 10.00. The minimum absolute atomic E-state index is 0.221. The van der Waals surface area contributed by atoms with Crippen molar-refractivity contribution in [2.75, 3.05) is 5.32 Å². The Hall–Kier alpha value is -2.94. The lowest BCUT2D eigenvalue weighted by Crippen LogP contribution is -2.43. The monoisotopic (exact) mass is 493 g/mol. The second-order valence-corrected chi connectivity index (χ2v) is 11.2. The van der Waals surface area contributed by atoms with Crippen LogP contribution in [-0.2, 0) is 10.0 Å². The molecule has 2 saturated heterocycles. The van der Waals surface area contributed by atoms with E-state index in [1.807, 2.05) is 18.2 Å². The maximum Gasteiger partial charge on any atom is 0.268 e. The molecule has 0 aliphatic carbocycles. The van der Waals surface area contributed by atoms with Crippen molar-refractivity contribution in [3.63, 3.8) is 0 Å². The van der Waals surface area contributed by atoms with E-state index in [0.29, 0.717) is 45.9 Å². The van der Waals surface area contributed by atoms with E-state index < -0.39 is 10.0 Å². The number of piperidine rings is 1. The fraction of sp³-hybridized carbons (Fsp3) is 0.280. The van der Waals surface area contributed by atoms with Crippen LogP contribution in [0.5, 0.6) is 0 Å². The molecule has 3 atom stereocenters. The molecule has 0 saturated carbocycles. The predicted octanol–water partition coefficient (Wildman–Crippen LogP) is 4.68. The van der Waals surface area contributed by atoms with E-state index >= 15 is 0 Å². The first-order valence-electron chi connectivity index (χ1n) is 11.5. The normalized spacial score (nSPS) is 22.2. The fourth-order valence-electron chi connectivity index (χ4n) is 5.23. The smallest absolute Gasteiger partial charge is 0.268 e. The highest BCUT2D eigenvalue weighted by atomic mass is 35.5. The van der Waals surface area contributed by atoms with E-state index in [2.05, 4.69) is 15.6 Å². The number of fused-ring (bicyclic) bond motifs is 3. The lowest BCUT2D eigenvalue weighted by molar-refractivity contribution is 0.377. The topological polar surface area (TPSA) is 88.9 Å². The number of aromatic nitrogens is 3. The number of benzene rings is 2. The van der Waals surface area contributed by atoms with E-state index in [4.69, 9.17) is 16.6 Å².